The van der Waals surface area contributed by atoms with E-state index >= 15 is 0 Å². The van der Waals surface area contributed by atoms with Gasteiger partial charge in [-0.15, -0.1) is 0 Å². The van der Waals surface area contributed by atoms with E-state index < -0.39 is 0 Å². The molecule has 1 aromatic heterocycles. The lowest BCUT2D eigenvalue weighted by Crippen LogP contribution is -2.03. The van der Waals surface area contributed by atoms with E-state index in [1.165, 1.54) is 0 Å². The molecule has 1 aromatic carbocycles. The zero-order chi connectivity index (χ0) is 13.7. The molecule has 0 saturated carbocycles. The van der Waals surface area contributed by atoms with Crippen molar-refractivity contribution in [1.82, 2.24) is 10.1 Å². The molecule has 5 heteroatoms. The predicted octanol–water partition coefficient (Wildman–Crippen LogP) is 2.68. The summed E-state index contributed by atoms with van der Waals surface area (Å²) in [6, 6.07) is 7.78. The van der Waals surface area contributed by atoms with Crippen LogP contribution < -0.4 is 5.73 Å². The average Bonchev–Trinajstić information content (AvgIpc) is 2.94. The van der Waals surface area contributed by atoms with Gasteiger partial charge in [0.1, 0.15) is 6.10 Å². The number of benzene rings is 1. The van der Waals surface area contributed by atoms with Crippen molar-refractivity contribution in [2.45, 2.75) is 32.4 Å². The smallest absolute Gasteiger partial charge is 0.258 e. The lowest BCUT2D eigenvalue weighted by atomic mass is 10.1. The van der Waals surface area contributed by atoms with E-state index in [2.05, 4.69) is 17.1 Å². The highest BCUT2D eigenvalue weighted by Gasteiger charge is 2.17. The Labute approximate surface area is 112 Å². The fourth-order valence-corrected chi connectivity index (χ4v) is 1.88. The third kappa shape index (κ3) is 3.19. The van der Waals surface area contributed by atoms with Crippen LogP contribution >= 0.6 is 0 Å². The summed E-state index contributed by atoms with van der Waals surface area (Å²) in [5.74, 6) is 1.11. The van der Waals surface area contributed by atoms with E-state index in [-0.39, 0.29) is 6.10 Å². The summed E-state index contributed by atoms with van der Waals surface area (Å²) >= 11 is 0. The fourth-order valence-electron chi connectivity index (χ4n) is 1.88. The largest absolute Gasteiger partial charge is 0.373 e. The van der Waals surface area contributed by atoms with Gasteiger partial charge in [-0.05, 0) is 24.1 Å². The number of ether oxygens (including phenoxy) is 1. The van der Waals surface area contributed by atoms with Gasteiger partial charge in [0.05, 0.1) is 0 Å². The van der Waals surface area contributed by atoms with Crippen LogP contribution in [0.5, 0.6) is 0 Å². The van der Waals surface area contributed by atoms with Crippen molar-refractivity contribution < 1.29 is 9.26 Å². The van der Waals surface area contributed by atoms with Gasteiger partial charge in [0.25, 0.3) is 5.89 Å². The molecule has 0 fully saturated rings. The maximum absolute atomic E-state index is 5.57. The van der Waals surface area contributed by atoms with Crippen LogP contribution in [-0.2, 0) is 11.3 Å². The van der Waals surface area contributed by atoms with Crippen LogP contribution in [0, 0.1) is 0 Å². The zero-order valence-electron chi connectivity index (χ0n) is 11.3. The first-order valence-corrected chi connectivity index (χ1v) is 6.44. The zero-order valence-corrected chi connectivity index (χ0v) is 11.3. The summed E-state index contributed by atoms with van der Waals surface area (Å²) in [7, 11) is 1.66. The summed E-state index contributed by atoms with van der Waals surface area (Å²) in [4.78, 5) is 4.39. The van der Waals surface area contributed by atoms with Crippen LogP contribution in [0.3, 0.4) is 0 Å². The highest BCUT2D eigenvalue weighted by atomic mass is 16.5. The van der Waals surface area contributed by atoms with Gasteiger partial charge in [-0.3, -0.25) is 0 Å². The van der Waals surface area contributed by atoms with E-state index in [9.17, 15) is 0 Å². The van der Waals surface area contributed by atoms with Crippen molar-refractivity contribution in [3.63, 3.8) is 0 Å². The maximum atomic E-state index is 5.57. The Bertz CT molecular complexity index is 508. The SMILES string of the molecule is CCCC(OC)c1noc(-c2ccc(CN)cc2)n1. The summed E-state index contributed by atoms with van der Waals surface area (Å²) in [6.07, 6.45) is 1.78. The molecule has 0 spiro atoms. The standard InChI is InChI=1S/C14H19N3O2/c1-3-4-12(18-2)13-16-14(19-17-13)11-7-5-10(9-15)6-8-11/h5-8,12H,3-4,9,15H2,1-2H3. The third-order valence-corrected chi connectivity index (χ3v) is 3.00. The van der Waals surface area contributed by atoms with Crippen molar-refractivity contribution in [3.8, 4) is 11.5 Å². The second kappa shape index (κ2) is 6.45. The molecular formula is C14H19N3O2. The highest BCUT2D eigenvalue weighted by Crippen LogP contribution is 2.23. The first-order chi connectivity index (χ1) is 9.28. The molecule has 0 aliphatic carbocycles. The molecule has 1 heterocycles. The number of methoxy groups -OCH3 is 1. The van der Waals surface area contributed by atoms with Crippen LogP contribution in [0.25, 0.3) is 11.5 Å². The number of hydrogen-bond acceptors (Lipinski definition) is 5. The van der Waals surface area contributed by atoms with Gasteiger partial charge in [0.15, 0.2) is 0 Å². The number of hydrogen-bond donors (Lipinski definition) is 1. The molecule has 0 radical (unpaired) electrons. The molecule has 2 N–H and O–H groups in total. The number of aromatic nitrogens is 2. The Hall–Kier alpha value is -1.72. The maximum Gasteiger partial charge on any atom is 0.258 e. The molecule has 1 unspecified atom stereocenters. The van der Waals surface area contributed by atoms with Gasteiger partial charge in [-0.1, -0.05) is 30.6 Å². The van der Waals surface area contributed by atoms with Crippen LogP contribution in [0.1, 0.15) is 37.3 Å². The lowest BCUT2D eigenvalue weighted by molar-refractivity contribution is 0.0854. The number of nitrogens with zero attached hydrogens (tertiary/aromatic N) is 2. The van der Waals surface area contributed by atoms with Crippen LogP contribution in [0.4, 0.5) is 0 Å². The molecule has 2 aromatic rings. The molecule has 1 atom stereocenters. The summed E-state index contributed by atoms with van der Waals surface area (Å²) in [6.45, 7) is 2.62. The molecule has 0 aliphatic rings. The quantitative estimate of drug-likeness (QED) is 0.865. The van der Waals surface area contributed by atoms with Crippen LogP contribution in [-0.4, -0.2) is 17.3 Å². The predicted molar refractivity (Wildman–Crippen MR) is 72.3 cm³/mol. The molecule has 0 aliphatic heterocycles. The first-order valence-electron chi connectivity index (χ1n) is 6.44. The Morgan fingerprint density at radius 1 is 1.32 bits per heavy atom. The van der Waals surface area contributed by atoms with Crippen molar-refractivity contribution >= 4 is 0 Å². The van der Waals surface area contributed by atoms with Gasteiger partial charge in [-0.2, -0.15) is 4.98 Å². The molecule has 0 bridgehead atoms. The summed E-state index contributed by atoms with van der Waals surface area (Å²) in [5, 5.41) is 3.99. The van der Waals surface area contributed by atoms with Gasteiger partial charge in [0, 0.05) is 19.2 Å². The van der Waals surface area contributed by atoms with Crippen LogP contribution in [0.15, 0.2) is 28.8 Å². The minimum atomic E-state index is -0.106. The Morgan fingerprint density at radius 3 is 2.63 bits per heavy atom. The molecule has 102 valence electrons. The van der Waals surface area contributed by atoms with E-state index in [4.69, 9.17) is 15.0 Å². The molecule has 19 heavy (non-hydrogen) atoms. The molecule has 2 rings (SSSR count). The van der Waals surface area contributed by atoms with Gasteiger partial charge in [0.2, 0.25) is 5.82 Å². The van der Waals surface area contributed by atoms with Gasteiger partial charge < -0.3 is 15.0 Å². The second-order valence-electron chi connectivity index (χ2n) is 4.37. The van der Waals surface area contributed by atoms with E-state index in [1.807, 2.05) is 24.3 Å². The van der Waals surface area contributed by atoms with Crippen molar-refractivity contribution in [2.24, 2.45) is 5.73 Å². The highest BCUT2D eigenvalue weighted by molar-refractivity contribution is 5.53. The van der Waals surface area contributed by atoms with E-state index in [0.717, 1.165) is 24.0 Å². The van der Waals surface area contributed by atoms with E-state index in [0.29, 0.717) is 18.3 Å². The Balaban J connectivity index is 2.19. The second-order valence-corrected chi connectivity index (χ2v) is 4.37. The Morgan fingerprint density at radius 2 is 2.05 bits per heavy atom. The third-order valence-electron chi connectivity index (χ3n) is 3.00. The van der Waals surface area contributed by atoms with Crippen molar-refractivity contribution in [2.75, 3.05) is 7.11 Å². The minimum Gasteiger partial charge on any atom is -0.373 e. The summed E-state index contributed by atoms with van der Waals surface area (Å²) < 4.78 is 10.6. The topological polar surface area (TPSA) is 74.2 Å². The molecular weight excluding hydrogens is 242 g/mol. The number of nitrogens with two attached hydrogens (primary N) is 1. The minimum absolute atomic E-state index is 0.106. The molecule has 0 amide bonds. The molecule has 5 nitrogen and oxygen atoms in total. The Kier molecular flexibility index (Phi) is 4.65. The van der Waals surface area contributed by atoms with Crippen molar-refractivity contribution in [1.29, 1.82) is 0 Å². The average molecular weight is 261 g/mol. The first kappa shape index (κ1) is 13.7. The molecule has 0 saturated heterocycles. The normalized spacial score (nSPS) is 12.6. The fraction of sp³-hybridized carbons (Fsp3) is 0.429. The summed E-state index contributed by atoms with van der Waals surface area (Å²) in [5.41, 5.74) is 7.53. The number of rotatable bonds is 6. The monoisotopic (exact) mass is 261 g/mol. The lowest BCUT2D eigenvalue weighted by Gasteiger charge is -2.08. The van der Waals surface area contributed by atoms with Crippen LogP contribution in [0.2, 0.25) is 0 Å². The van der Waals surface area contributed by atoms with Gasteiger partial charge >= 0.3 is 0 Å². The van der Waals surface area contributed by atoms with Crippen molar-refractivity contribution in [3.05, 3.63) is 35.7 Å². The van der Waals surface area contributed by atoms with E-state index in [1.54, 1.807) is 7.11 Å². The van der Waals surface area contributed by atoms with Gasteiger partial charge in [-0.25, -0.2) is 0 Å².